The Kier molecular flexibility index (Phi) is 5.57. The third-order valence-electron chi connectivity index (χ3n) is 3.24. The molecular weight excluding hydrogens is 322 g/mol. The Morgan fingerprint density at radius 1 is 1.42 bits per heavy atom. The Balaban J connectivity index is 1.46. The van der Waals surface area contributed by atoms with Crippen molar-refractivity contribution < 1.29 is 4.74 Å². The monoisotopic (exact) mass is 341 g/mol. The maximum Gasteiger partial charge on any atom is 0.203 e. The Labute approximate surface area is 144 Å². The Morgan fingerprint density at radius 2 is 2.38 bits per heavy atom. The minimum atomic E-state index is 0.662. The molecule has 0 spiro atoms. The zero-order valence-corrected chi connectivity index (χ0v) is 14.2. The molecule has 0 aliphatic heterocycles. The van der Waals surface area contributed by atoms with Crippen LogP contribution in [0.25, 0.3) is 0 Å². The third kappa shape index (κ3) is 4.92. The molecule has 2 aromatic heterocycles. The van der Waals surface area contributed by atoms with Gasteiger partial charge >= 0.3 is 0 Å². The minimum Gasteiger partial charge on any atom is -0.494 e. The fourth-order valence-corrected chi connectivity index (χ4v) is 2.75. The zero-order chi connectivity index (χ0) is 16.6. The number of imidazole rings is 1. The van der Waals surface area contributed by atoms with Gasteiger partial charge in [-0.3, -0.25) is 5.43 Å². The predicted molar refractivity (Wildman–Crippen MR) is 96.8 cm³/mol. The van der Waals surface area contributed by atoms with Crippen LogP contribution in [-0.2, 0) is 6.54 Å². The molecule has 1 aromatic carbocycles. The maximum absolute atomic E-state index is 5.79. The average Bonchev–Trinajstić information content (AvgIpc) is 3.24. The molecule has 24 heavy (non-hydrogen) atoms. The van der Waals surface area contributed by atoms with Crippen molar-refractivity contribution in [1.29, 1.82) is 0 Å². The number of thiazole rings is 1. The highest BCUT2D eigenvalue weighted by Gasteiger charge is 1.97. The number of aryl methyl sites for hydroxylation is 2. The number of hydrogen-bond acceptors (Lipinski definition) is 6. The summed E-state index contributed by atoms with van der Waals surface area (Å²) in [6.45, 7) is 3.52. The van der Waals surface area contributed by atoms with E-state index in [4.69, 9.17) is 4.74 Å². The predicted octanol–water partition coefficient (Wildman–Crippen LogP) is 3.56. The maximum atomic E-state index is 5.79. The fraction of sp³-hybridized carbons (Fsp3) is 0.235. The summed E-state index contributed by atoms with van der Waals surface area (Å²) < 4.78 is 7.83. The molecule has 7 heteroatoms. The van der Waals surface area contributed by atoms with Gasteiger partial charge in [0.25, 0.3) is 0 Å². The number of aromatic nitrogens is 3. The van der Waals surface area contributed by atoms with E-state index in [0.29, 0.717) is 6.61 Å². The summed E-state index contributed by atoms with van der Waals surface area (Å²) in [5.74, 6) is 0.842. The molecule has 0 radical (unpaired) electrons. The Morgan fingerprint density at radius 3 is 3.17 bits per heavy atom. The molecule has 0 aliphatic rings. The van der Waals surface area contributed by atoms with Crippen molar-refractivity contribution >= 4 is 22.7 Å². The third-order valence-corrected chi connectivity index (χ3v) is 4.10. The van der Waals surface area contributed by atoms with Crippen LogP contribution in [0.5, 0.6) is 5.75 Å². The quantitative estimate of drug-likeness (QED) is 0.386. The van der Waals surface area contributed by atoms with E-state index in [0.717, 1.165) is 35.1 Å². The summed E-state index contributed by atoms with van der Waals surface area (Å²) in [4.78, 5) is 8.31. The number of ether oxygens (including phenoxy) is 1. The zero-order valence-electron chi connectivity index (χ0n) is 13.4. The van der Waals surface area contributed by atoms with E-state index >= 15 is 0 Å². The van der Waals surface area contributed by atoms with Gasteiger partial charge in [0.2, 0.25) is 5.13 Å². The van der Waals surface area contributed by atoms with E-state index in [2.05, 4.69) is 20.5 Å². The first kappa shape index (κ1) is 16.2. The number of hydrogen-bond donors (Lipinski definition) is 1. The van der Waals surface area contributed by atoms with E-state index in [1.165, 1.54) is 11.3 Å². The lowest BCUT2D eigenvalue weighted by Crippen LogP contribution is -2.03. The first-order chi connectivity index (χ1) is 11.8. The van der Waals surface area contributed by atoms with E-state index in [-0.39, 0.29) is 0 Å². The molecule has 0 saturated heterocycles. The molecule has 6 nitrogen and oxygen atoms in total. The van der Waals surface area contributed by atoms with Gasteiger partial charge in [-0.1, -0.05) is 12.1 Å². The number of nitrogens with zero attached hydrogens (tertiary/aromatic N) is 4. The van der Waals surface area contributed by atoms with Gasteiger partial charge in [0.1, 0.15) is 5.75 Å². The van der Waals surface area contributed by atoms with Crippen LogP contribution in [0.15, 0.2) is 53.5 Å². The van der Waals surface area contributed by atoms with Crippen molar-refractivity contribution in [3.05, 3.63) is 59.6 Å². The normalized spacial score (nSPS) is 11.0. The standard InChI is InChI=1S/C17H19N5OS/c1-14-12-24-17(20-14)21-19-11-15-4-2-5-16(10-15)23-9-3-7-22-8-6-18-13-22/h2,4-6,8,10-13H,3,7,9H2,1H3,(H,20,21). The molecule has 0 aliphatic carbocycles. The van der Waals surface area contributed by atoms with Crippen LogP contribution in [0.2, 0.25) is 0 Å². The van der Waals surface area contributed by atoms with Crippen molar-refractivity contribution in [2.75, 3.05) is 12.0 Å². The van der Waals surface area contributed by atoms with Crippen molar-refractivity contribution in [2.45, 2.75) is 19.9 Å². The van der Waals surface area contributed by atoms with E-state index in [1.54, 1.807) is 12.4 Å². The van der Waals surface area contributed by atoms with Gasteiger partial charge < -0.3 is 9.30 Å². The second-order valence-corrected chi connectivity index (χ2v) is 6.10. The number of nitrogens with one attached hydrogen (secondary N) is 1. The minimum absolute atomic E-state index is 0.662. The number of hydrazone groups is 1. The molecule has 0 bridgehead atoms. The topological polar surface area (TPSA) is 64.3 Å². The highest BCUT2D eigenvalue weighted by atomic mass is 32.1. The molecule has 0 amide bonds. The molecular formula is C17H19N5OS. The lowest BCUT2D eigenvalue weighted by molar-refractivity contribution is 0.301. The van der Waals surface area contributed by atoms with Crippen LogP contribution in [-0.4, -0.2) is 27.4 Å². The van der Waals surface area contributed by atoms with E-state index in [1.807, 2.05) is 53.7 Å². The van der Waals surface area contributed by atoms with Crippen molar-refractivity contribution in [3.8, 4) is 5.75 Å². The molecule has 3 rings (SSSR count). The fourth-order valence-electron chi connectivity index (χ4n) is 2.11. The van der Waals surface area contributed by atoms with E-state index in [9.17, 15) is 0 Å². The average molecular weight is 341 g/mol. The number of anilines is 1. The molecule has 3 aromatic rings. The van der Waals surface area contributed by atoms with Gasteiger partial charge in [-0.2, -0.15) is 5.10 Å². The molecule has 2 heterocycles. The molecule has 0 unspecified atom stereocenters. The molecule has 1 N–H and O–H groups in total. The van der Waals surface area contributed by atoms with Crippen LogP contribution in [0, 0.1) is 6.92 Å². The highest BCUT2D eigenvalue weighted by Crippen LogP contribution is 2.15. The van der Waals surface area contributed by atoms with Gasteiger partial charge in [-0.05, 0) is 31.0 Å². The summed E-state index contributed by atoms with van der Waals surface area (Å²) in [5.41, 5.74) is 4.89. The first-order valence-electron chi connectivity index (χ1n) is 7.69. The molecule has 0 saturated carbocycles. The summed E-state index contributed by atoms with van der Waals surface area (Å²) >= 11 is 1.53. The van der Waals surface area contributed by atoms with Crippen LogP contribution >= 0.6 is 11.3 Å². The van der Waals surface area contributed by atoms with Crippen LogP contribution in [0.4, 0.5) is 5.13 Å². The molecule has 124 valence electrons. The summed E-state index contributed by atoms with van der Waals surface area (Å²) in [6.07, 6.45) is 8.24. The van der Waals surface area contributed by atoms with Crippen molar-refractivity contribution in [2.24, 2.45) is 5.10 Å². The summed E-state index contributed by atoms with van der Waals surface area (Å²) in [5, 5.41) is 6.97. The summed E-state index contributed by atoms with van der Waals surface area (Å²) in [6, 6.07) is 7.86. The van der Waals surface area contributed by atoms with Crippen LogP contribution < -0.4 is 10.2 Å². The van der Waals surface area contributed by atoms with Gasteiger partial charge in [0.15, 0.2) is 0 Å². The van der Waals surface area contributed by atoms with Gasteiger partial charge in [0.05, 0.1) is 24.8 Å². The molecule has 0 fully saturated rings. The first-order valence-corrected chi connectivity index (χ1v) is 8.57. The lowest BCUT2D eigenvalue weighted by atomic mass is 10.2. The largest absolute Gasteiger partial charge is 0.494 e. The van der Waals surface area contributed by atoms with Gasteiger partial charge in [-0.25, -0.2) is 9.97 Å². The number of benzene rings is 1. The van der Waals surface area contributed by atoms with Crippen molar-refractivity contribution in [3.63, 3.8) is 0 Å². The van der Waals surface area contributed by atoms with Gasteiger partial charge in [0, 0.05) is 24.3 Å². The Bertz CT molecular complexity index is 782. The van der Waals surface area contributed by atoms with Crippen LogP contribution in [0.1, 0.15) is 17.7 Å². The SMILES string of the molecule is Cc1csc(NN=Cc2cccc(OCCCn3ccnc3)c2)n1. The summed E-state index contributed by atoms with van der Waals surface area (Å²) in [7, 11) is 0. The van der Waals surface area contributed by atoms with E-state index < -0.39 is 0 Å². The second kappa shape index (κ2) is 8.26. The second-order valence-electron chi connectivity index (χ2n) is 5.24. The number of rotatable bonds is 8. The lowest BCUT2D eigenvalue weighted by Gasteiger charge is -2.07. The highest BCUT2D eigenvalue weighted by molar-refractivity contribution is 7.13. The van der Waals surface area contributed by atoms with Crippen molar-refractivity contribution in [1.82, 2.24) is 14.5 Å². The molecule has 0 atom stereocenters. The smallest absolute Gasteiger partial charge is 0.203 e. The van der Waals surface area contributed by atoms with Crippen LogP contribution in [0.3, 0.4) is 0 Å². The Hall–Kier alpha value is -2.67. The van der Waals surface area contributed by atoms with Gasteiger partial charge in [-0.15, -0.1) is 11.3 Å².